The molecule has 2 aromatic heterocycles. The van der Waals surface area contributed by atoms with E-state index in [0.29, 0.717) is 42.8 Å². The highest BCUT2D eigenvalue weighted by Crippen LogP contribution is 2.32. The third-order valence-electron chi connectivity index (χ3n) is 6.61. The first kappa shape index (κ1) is 22.1. The third kappa shape index (κ3) is 4.98. The molecule has 0 bridgehead atoms. The Hall–Kier alpha value is -2.68. The van der Waals surface area contributed by atoms with Crippen molar-refractivity contribution in [3.05, 3.63) is 41.7 Å². The lowest BCUT2D eigenvalue weighted by Crippen LogP contribution is -2.48. The minimum atomic E-state index is -0.310. The molecule has 1 atom stereocenters. The molecule has 0 saturated carbocycles. The number of para-hydroxylation sites is 1. The second-order valence-electron chi connectivity index (χ2n) is 8.97. The van der Waals surface area contributed by atoms with Crippen LogP contribution in [0.3, 0.4) is 0 Å². The Balaban J connectivity index is 1.20. The number of benzene rings is 1. The van der Waals surface area contributed by atoms with Gasteiger partial charge in [0.15, 0.2) is 0 Å². The van der Waals surface area contributed by atoms with Gasteiger partial charge in [-0.3, -0.25) is 9.69 Å². The maximum atomic E-state index is 12.7. The maximum Gasteiger partial charge on any atom is 0.236 e. The Labute approximate surface area is 198 Å². The van der Waals surface area contributed by atoms with E-state index < -0.39 is 0 Å². The number of fused-ring (bicyclic) bond motifs is 1. The number of likely N-dealkylation sites (tertiary alicyclic amines) is 2. The summed E-state index contributed by atoms with van der Waals surface area (Å²) in [5.74, 6) is 0.693. The summed E-state index contributed by atoms with van der Waals surface area (Å²) in [7, 11) is 0. The lowest BCUT2D eigenvalue weighted by atomic mass is 10.0. The van der Waals surface area contributed by atoms with Crippen LogP contribution in [0.25, 0.3) is 22.2 Å². The molecule has 2 fully saturated rings. The highest BCUT2D eigenvalue weighted by molar-refractivity contribution is 6.33. The van der Waals surface area contributed by atoms with Crippen LogP contribution in [-0.4, -0.2) is 80.6 Å². The van der Waals surface area contributed by atoms with Crippen LogP contribution in [0.15, 0.2) is 36.7 Å². The first-order valence-corrected chi connectivity index (χ1v) is 12.0. The number of carbonyl (C=O) groups excluding carboxylic acids is 1. The monoisotopic (exact) mass is 468 g/mol. The Morgan fingerprint density at radius 1 is 1.21 bits per heavy atom. The van der Waals surface area contributed by atoms with E-state index in [1.165, 1.54) is 0 Å². The van der Waals surface area contributed by atoms with E-state index in [-0.39, 0.29) is 18.1 Å². The van der Waals surface area contributed by atoms with Gasteiger partial charge >= 0.3 is 0 Å². The summed E-state index contributed by atoms with van der Waals surface area (Å²) in [5, 5.41) is 14.8. The number of hydrogen-bond donors (Lipinski definition) is 3. The second-order valence-corrected chi connectivity index (χ2v) is 9.38. The first-order valence-electron chi connectivity index (χ1n) is 11.6. The van der Waals surface area contributed by atoms with Crippen molar-refractivity contribution >= 4 is 34.4 Å². The Morgan fingerprint density at radius 3 is 2.85 bits per heavy atom. The highest BCUT2D eigenvalue weighted by Gasteiger charge is 2.26. The smallest absolute Gasteiger partial charge is 0.236 e. The molecular formula is C24H29ClN6O2. The third-order valence-corrected chi connectivity index (χ3v) is 6.89. The molecule has 174 valence electrons. The van der Waals surface area contributed by atoms with Crippen LogP contribution < -0.4 is 5.32 Å². The van der Waals surface area contributed by atoms with Crippen molar-refractivity contribution in [2.75, 3.05) is 38.0 Å². The van der Waals surface area contributed by atoms with E-state index in [9.17, 15) is 9.90 Å². The minimum absolute atomic E-state index is 0.145. The quantitative estimate of drug-likeness (QED) is 0.532. The first-order chi connectivity index (χ1) is 16.1. The molecule has 5 rings (SSSR count). The summed E-state index contributed by atoms with van der Waals surface area (Å²) < 4.78 is 0. The van der Waals surface area contributed by atoms with Crippen molar-refractivity contribution in [3.8, 4) is 11.3 Å². The average Bonchev–Trinajstić information content (AvgIpc) is 3.25. The summed E-state index contributed by atoms with van der Waals surface area (Å²) in [4.78, 5) is 29.1. The molecule has 1 unspecified atom stereocenters. The molecule has 2 saturated heterocycles. The molecule has 2 aliphatic heterocycles. The van der Waals surface area contributed by atoms with E-state index in [1.807, 2.05) is 35.4 Å². The topological polar surface area (TPSA) is 97.4 Å². The average molecular weight is 469 g/mol. The molecule has 0 aliphatic carbocycles. The van der Waals surface area contributed by atoms with Gasteiger partial charge < -0.3 is 20.3 Å². The van der Waals surface area contributed by atoms with E-state index in [2.05, 4.69) is 20.2 Å². The molecule has 0 radical (unpaired) electrons. The zero-order valence-corrected chi connectivity index (χ0v) is 19.3. The number of aliphatic hydroxyl groups excluding tert-OH is 1. The van der Waals surface area contributed by atoms with Gasteiger partial charge in [-0.15, -0.1) is 0 Å². The Bertz CT molecular complexity index is 1130. The van der Waals surface area contributed by atoms with Crippen molar-refractivity contribution < 1.29 is 9.90 Å². The zero-order valence-electron chi connectivity index (χ0n) is 18.5. The standard InChI is InChI=1S/C24H29ClN6O2/c25-20-13-27-24(29-23(20)19-12-26-21-6-2-1-5-18(19)21)28-16-7-10-31(11-8-16)22(33)15-30-9-3-4-17(32)14-30/h1-2,5-6,12-13,16-17,26,32H,3-4,7-11,14-15H2,(H,27,28,29). The summed E-state index contributed by atoms with van der Waals surface area (Å²) >= 11 is 6.44. The predicted octanol–water partition coefficient (Wildman–Crippen LogP) is 3.14. The summed E-state index contributed by atoms with van der Waals surface area (Å²) in [5.41, 5.74) is 2.68. The lowest BCUT2D eigenvalue weighted by molar-refractivity contribution is -0.134. The molecule has 9 heteroatoms. The van der Waals surface area contributed by atoms with Crippen LogP contribution in [0.4, 0.5) is 5.95 Å². The predicted molar refractivity (Wildman–Crippen MR) is 129 cm³/mol. The molecule has 8 nitrogen and oxygen atoms in total. The number of anilines is 1. The summed E-state index contributed by atoms with van der Waals surface area (Å²) in [6, 6.07) is 8.25. The molecule has 3 aromatic rings. The summed E-state index contributed by atoms with van der Waals surface area (Å²) in [6.45, 7) is 3.28. The van der Waals surface area contributed by atoms with Gasteiger partial charge in [0, 0.05) is 48.3 Å². The second kappa shape index (κ2) is 9.67. The molecular weight excluding hydrogens is 440 g/mol. The molecule has 3 N–H and O–H groups in total. The number of β-amino-alcohol motifs (C(OH)–C–C–N with tert-alkyl or cyclic N) is 1. The summed E-state index contributed by atoms with van der Waals surface area (Å²) in [6.07, 6.45) is 6.70. The normalized spacial score (nSPS) is 20.3. The van der Waals surface area contributed by atoms with Crippen molar-refractivity contribution in [1.82, 2.24) is 24.8 Å². The van der Waals surface area contributed by atoms with Gasteiger partial charge in [0.05, 0.1) is 29.6 Å². The number of nitrogens with zero attached hydrogens (tertiary/aromatic N) is 4. The SMILES string of the molecule is O=C(CN1CCCC(O)C1)N1CCC(Nc2ncc(Cl)c(-c3c[nH]c4ccccc34)n2)CC1. The zero-order chi connectivity index (χ0) is 22.8. The number of carbonyl (C=O) groups is 1. The number of hydrogen-bond acceptors (Lipinski definition) is 6. The fraction of sp³-hybridized carbons (Fsp3) is 0.458. The van der Waals surface area contributed by atoms with Crippen LogP contribution in [0.5, 0.6) is 0 Å². The molecule has 2 aliphatic rings. The largest absolute Gasteiger partial charge is 0.392 e. The molecule has 4 heterocycles. The van der Waals surface area contributed by atoms with Crippen molar-refractivity contribution in [2.24, 2.45) is 0 Å². The Morgan fingerprint density at radius 2 is 2.03 bits per heavy atom. The number of rotatable bonds is 5. The molecule has 1 amide bonds. The van der Waals surface area contributed by atoms with E-state index >= 15 is 0 Å². The lowest BCUT2D eigenvalue weighted by Gasteiger charge is -2.35. The van der Waals surface area contributed by atoms with Crippen LogP contribution in [0.1, 0.15) is 25.7 Å². The number of aliphatic hydroxyl groups is 1. The number of piperidine rings is 2. The van der Waals surface area contributed by atoms with Gasteiger partial charge in [-0.2, -0.15) is 0 Å². The van der Waals surface area contributed by atoms with Gasteiger partial charge in [0.2, 0.25) is 11.9 Å². The molecule has 1 aromatic carbocycles. The van der Waals surface area contributed by atoms with Crippen LogP contribution >= 0.6 is 11.6 Å². The van der Waals surface area contributed by atoms with E-state index in [4.69, 9.17) is 16.6 Å². The van der Waals surface area contributed by atoms with Gasteiger partial charge in [-0.05, 0) is 38.3 Å². The fourth-order valence-electron chi connectivity index (χ4n) is 4.81. The number of halogens is 1. The van der Waals surface area contributed by atoms with Crippen LogP contribution in [0.2, 0.25) is 5.02 Å². The fourth-order valence-corrected chi connectivity index (χ4v) is 5.01. The van der Waals surface area contributed by atoms with Crippen molar-refractivity contribution in [1.29, 1.82) is 0 Å². The number of amides is 1. The number of aromatic nitrogens is 3. The van der Waals surface area contributed by atoms with Crippen LogP contribution in [-0.2, 0) is 4.79 Å². The number of aromatic amines is 1. The van der Waals surface area contributed by atoms with Crippen molar-refractivity contribution in [2.45, 2.75) is 37.8 Å². The molecule has 0 spiro atoms. The van der Waals surface area contributed by atoms with Gasteiger partial charge in [0.25, 0.3) is 0 Å². The molecule has 33 heavy (non-hydrogen) atoms. The maximum absolute atomic E-state index is 12.7. The van der Waals surface area contributed by atoms with Gasteiger partial charge in [-0.25, -0.2) is 9.97 Å². The minimum Gasteiger partial charge on any atom is -0.392 e. The van der Waals surface area contributed by atoms with Gasteiger partial charge in [-0.1, -0.05) is 29.8 Å². The van der Waals surface area contributed by atoms with E-state index in [0.717, 1.165) is 48.7 Å². The number of H-pyrrole nitrogens is 1. The highest BCUT2D eigenvalue weighted by atomic mass is 35.5. The van der Waals surface area contributed by atoms with E-state index in [1.54, 1.807) is 6.20 Å². The number of nitrogens with one attached hydrogen (secondary N) is 2. The van der Waals surface area contributed by atoms with Crippen LogP contribution in [0, 0.1) is 0 Å². The Kier molecular flexibility index (Phi) is 6.48. The van der Waals surface area contributed by atoms with Gasteiger partial charge in [0.1, 0.15) is 0 Å². The van der Waals surface area contributed by atoms with Crippen molar-refractivity contribution in [3.63, 3.8) is 0 Å².